The van der Waals surface area contributed by atoms with Gasteiger partial charge in [-0.25, -0.2) is 4.79 Å². The number of ether oxygens (including phenoxy) is 1. The van der Waals surface area contributed by atoms with Crippen molar-refractivity contribution in [1.82, 2.24) is 0 Å². The van der Waals surface area contributed by atoms with Crippen LogP contribution in [0.1, 0.15) is 12.8 Å². The predicted octanol–water partition coefficient (Wildman–Crippen LogP) is 1.56. The topological polar surface area (TPSA) is 66.8 Å². The molecule has 2 atom stereocenters. The van der Waals surface area contributed by atoms with E-state index in [1.807, 2.05) is 0 Å². The molecule has 0 aromatic carbocycles. The van der Waals surface area contributed by atoms with Crippen molar-refractivity contribution < 1.29 is 19.7 Å². The predicted molar refractivity (Wildman–Crippen MR) is 48.5 cm³/mol. The summed E-state index contributed by atoms with van der Waals surface area (Å²) in [5.41, 5.74) is 0. The summed E-state index contributed by atoms with van der Waals surface area (Å²) in [7, 11) is 0. The van der Waals surface area contributed by atoms with E-state index >= 15 is 0 Å². The van der Waals surface area contributed by atoms with Crippen molar-refractivity contribution >= 4 is 6.16 Å². The molecule has 0 amide bonds. The first kappa shape index (κ1) is 11.7. The van der Waals surface area contributed by atoms with Gasteiger partial charge in [0.1, 0.15) is 6.10 Å². The van der Waals surface area contributed by atoms with Crippen molar-refractivity contribution in [3.63, 3.8) is 0 Å². The highest BCUT2D eigenvalue weighted by atomic mass is 16.7. The van der Waals surface area contributed by atoms with E-state index in [1.165, 1.54) is 12.2 Å². The Morgan fingerprint density at radius 1 is 1.38 bits per heavy atom. The van der Waals surface area contributed by atoms with Gasteiger partial charge in [0.05, 0.1) is 6.10 Å². The van der Waals surface area contributed by atoms with E-state index in [4.69, 9.17) is 5.11 Å². The lowest BCUT2D eigenvalue weighted by molar-refractivity contribution is -0.0155. The fourth-order valence-electron chi connectivity index (χ4n) is 0.900. The highest BCUT2D eigenvalue weighted by molar-refractivity contribution is 5.57. The van der Waals surface area contributed by atoms with Crippen molar-refractivity contribution in [2.45, 2.75) is 25.0 Å². The van der Waals surface area contributed by atoms with Gasteiger partial charge >= 0.3 is 6.16 Å². The van der Waals surface area contributed by atoms with Gasteiger partial charge in [-0.2, -0.15) is 0 Å². The van der Waals surface area contributed by atoms with Crippen LogP contribution in [0.5, 0.6) is 0 Å². The molecule has 0 aliphatic heterocycles. The monoisotopic (exact) mass is 186 g/mol. The molecule has 0 aliphatic carbocycles. The first-order valence-corrected chi connectivity index (χ1v) is 3.91. The van der Waals surface area contributed by atoms with Crippen LogP contribution < -0.4 is 0 Å². The Hall–Kier alpha value is -1.29. The van der Waals surface area contributed by atoms with E-state index in [-0.39, 0.29) is 0 Å². The largest absolute Gasteiger partial charge is 0.506 e. The Morgan fingerprint density at radius 3 is 2.31 bits per heavy atom. The molecule has 0 radical (unpaired) electrons. The van der Waals surface area contributed by atoms with E-state index < -0.39 is 18.4 Å². The highest BCUT2D eigenvalue weighted by Crippen LogP contribution is 2.09. The number of hydrogen-bond donors (Lipinski definition) is 2. The molecule has 0 aromatic heterocycles. The lowest BCUT2D eigenvalue weighted by atomic mass is 10.1. The van der Waals surface area contributed by atoms with Gasteiger partial charge in [0.25, 0.3) is 0 Å². The van der Waals surface area contributed by atoms with Crippen LogP contribution in [0.15, 0.2) is 25.3 Å². The molecule has 0 rings (SSSR count). The minimum atomic E-state index is -1.39. The minimum Gasteiger partial charge on any atom is -0.450 e. The van der Waals surface area contributed by atoms with Crippen LogP contribution >= 0.6 is 0 Å². The molecule has 0 aliphatic rings. The fraction of sp³-hybridized carbons (Fsp3) is 0.444. The molecule has 0 saturated carbocycles. The van der Waals surface area contributed by atoms with Gasteiger partial charge in [-0.15, -0.1) is 13.2 Å². The van der Waals surface area contributed by atoms with Gasteiger partial charge in [-0.05, 0) is 6.42 Å². The van der Waals surface area contributed by atoms with Crippen LogP contribution in [0.3, 0.4) is 0 Å². The third-order valence-corrected chi connectivity index (χ3v) is 1.49. The minimum absolute atomic E-state index is 0.293. The second-order valence-corrected chi connectivity index (χ2v) is 2.54. The molecular formula is C9H14O4. The quantitative estimate of drug-likeness (QED) is 0.488. The number of rotatable bonds is 6. The third-order valence-electron chi connectivity index (χ3n) is 1.49. The summed E-state index contributed by atoms with van der Waals surface area (Å²) in [6.07, 6.45) is 0.591. The van der Waals surface area contributed by atoms with Crippen LogP contribution in [0.25, 0.3) is 0 Å². The zero-order chi connectivity index (χ0) is 10.3. The molecule has 0 fully saturated rings. The van der Waals surface area contributed by atoms with Crippen LogP contribution in [0.4, 0.5) is 4.79 Å². The maximum atomic E-state index is 10.2. The zero-order valence-corrected chi connectivity index (χ0v) is 7.35. The van der Waals surface area contributed by atoms with Gasteiger partial charge in [0, 0.05) is 6.42 Å². The van der Waals surface area contributed by atoms with Gasteiger partial charge in [-0.1, -0.05) is 12.2 Å². The second-order valence-electron chi connectivity index (χ2n) is 2.54. The molecule has 2 unspecified atom stereocenters. The molecule has 2 N–H and O–H groups in total. The maximum absolute atomic E-state index is 10.2. The summed E-state index contributed by atoms with van der Waals surface area (Å²) < 4.78 is 4.45. The molecule has 74 valence electrons. The summed E-state index contributed by atoms with van der Waals surface area (Å²) in [6, 6.07) is 0. The number of aliphatic hydroxyl groups excluding tert-OH is 1. The van der Waals surface area contributed by atoms with E-state index in [0.717, 1.165) is 0 Å². The normalized spacial score (nSPS) is 14.2. The first-order valence-electron chi connectivity index (χ1n) is 3.91. The molecule has 0 spiro atoms. The maximum Gasteiger partial charge on any atom is 0.506 e. The molecule has 0 saturated heterocycles. The van der Waals surface area contributed by atoms with E-state index in [2.05, 4.69) is 17.9 Å². The SMILES string of the molecule is C=CCC(O)C(CC=C)OC(=O)O. The average Bonchev–Trinajstić information content (AvgIpc) is 2.03. The Bertz CT molecular complexity index is 188. The molecule has 0 aromatic rings. The summed E-state index contributed by atoms with van der Waals surface area (Å²) in [5, 5.41) is 17.7. The second kappa shape index (κ2) is 6.25. The number of aliphatic hydroxyl groups is 1. The Balaban J connectivity index is 4.12. The Labute approximate surface area is 77.1 Å². The lowest BCUT2D eigenvalue weighted by Gasteiger charge is -2.18. The summed E-state index contributed by atoms with van der Waals surface area (Å²) in [6.45, 7) is 6.87. The standard InChI is InChI=1S/C9H14O4/c1-3-5-7(10)8(6-4-2)13-9(11)12/h3-4,7-8,10H,1-2,5-6H2,(H,11,12). The Morgan fingerprint density at radius 2 is 1.92 bits per heavy atom. The molecule has 4 nitrogen and oxygen atoms in total. The highest BCUT2D eigenvalue weighted by Gasteiger charge is 2.20. The van der Waals surface area contributed by atoms with Gasteiger partial charge < -0.3 is 14.9 Å². The van der Waals surface area contributed by atoms with Crippen LogP contribution in [0.2, 0.25) is 0 Å². The van der Waals surface area contributed by atoms with Crippen LogP contribution in [-0.2, 0) is 4.74 Å². The molecule has 0 heterocycles. The smallest absolute Gasteiger partial charge is 0.450 e. The molecular weight excluding hydrogens is 172 g/mol. The summed E-state index contributed by atoms with van der Waals surface area (Å²) in [5.74, 6) is 0. The van der Waals surface area contributed by atoms with E-state index in [1.54, 1.807) is 0 Å². The third kappa shape index (κ3) is 5.03. The van der Waals surface area contributed by atoms with Gasteiger partial charge in [-0.3, -0.25) is 0 Å². The van der Waals surface area contributed by atoms with Crippen LogP contribution in [0, 0.1) is 0 Å². The van der Waals surface area contributed by atoms with Crippen molar-refractivity contribution in [3.8, 4) is 0 Å². The average molecular weight is 186 g/mol. The van der Waals surface area contributed by atoms with Crippen molar-refractivity contribution in [2.24, 2.45) is 0 Å². The summed E-state index contributed by atoms with van der Waals surface area (Å²) in [4.78, 5) is 10.2. The van der Waals surface area contributed by atoms with Gasteiger partial charge in [0.15, 0.2) is 0 Å². The lowest BCUT2D eigenvalue weighted by Crippen LogP contribution is -2.30. The van der Waals surface area contributed by atoms with Crippen molar-refractivity contribution in [2.75, 3.05) is 0 Å². The van der Waals surface area contributed by atoms with Crippen molar-refractivity contribution in [3.05, 3.63) is 25.3 Å². The number of carboxylic acid groups (broad SMARTS) is 1. The first-order chi connectivity index (χ1) is 6.11. The van der Waals surface area contributed by atoms with Gasteiger partial charge in [0.2, 0.25) is 0 Å². The summed E-state index contributed by atoms with van der Waals surface area (Å²) >= 11 is 0. The number of hydrogen-bond acceptors (Lipinski definition) is 3. The Kier molecular flexibility index (Phi) is 5.63. The zero-order valence-electron chi connectivity index (χ0n) is 7.35. The molecule has 0 bridgehead atoms. The van der Waals surface area contributed by atoms with E-state index in [9.17, 15) is 9.90 Å². The van der Waals surface area contributed by atoms with E-state index in [0.29, 0.717) is 12.8 Å². The fourth-order valence-corrected chi connectivity index (χ4v) is 0.900. The molecule has 4 heteroatoms. The van der Waals surface area contributed by atoms with Crippen molar-refractivity contribution in [1.29, 1.82) is 0 Å². The number of carbonyl (C=O) groups is 1. The van der Waals surface area contributed by atoms with Crippen LogP contribution in [-0.4, -0.2) is 28.6 Å². The molecule has 13 heavy (non-hydrogen) atoms.